The van der Waals surface area contributed by atoms with Crippen LogP contribution >= 0.6 is 15.9 Å². The summed E-state index contributed by atoms with van der Waals surface area (Å²) in [5, 5.41) is 0. The molecule has 1 rings (SSSR count). The van der Waals surface area contributed by atoms with Gasteiger partial charge in [0.15, 0.2) is 0 Å². The molecule has 0 spiro atoms. The Morgan fingerprint density at radius 2 is 1.81 bits per heavy atom. The Bertz CT molecular complexity index is 292. The summed E-state index contributed by atoms with van der Waals surface area (Å²) >= 11 is 3.61. The largest absolute Gasteiger partial charge is 0.384 e. The molecule has 0 N–H and O–H groups in total. The van der Waals surface area contributed by atoms with Gasteiger partial charge in [-0.25, -0.2) is 0 Å². The number of benzene rings is 1. The van der Waals surface area contributed by atoms with Crippen LogP contribution in [0, 0.1) is 0 Å². The van der Waals surface area contributed by atoms with E-state index in [1.54, 1.807) is 7.11 Å². The van der Waals surface area contributed by atoms with Crippen molar-refractivity contribution in [2.45, 2.75) is 37.4 Å². The van der Waals surface area contributed by atoms with E-state index in [0.717, 1.165) is 19.4 Å². The summed E-state index contributed by atoms with van der Waals surface area (Å²) in [6.07, 6.45) is 2.23. The molecule has 1 atom stereocenters. The van der Waals surface area contributed by atoms with Crippen molar-refractivity contribution in [3.8, 4) is 0 Å². The van der Waals surface area contributed by atoms with Crippen LogP contribution in [0.1, 0.15) is 37.3 Å². The van der Waals surface area contributed by atoms with E-state index in [4.69, 9.17) is 4.74 Å². The minimum Gasteiger partial charge on any atom is -0.384 e. The normalized spacial score (nSPS) is 13.1. The van der Waals surface area contributed by atoms with Gasteiger partial charge in [0.1, 0.15) is 0 Å². The van der Waals surface area contributed by atoms with Gasteiger partial charge in [-0.2, -0.15) is 0 Å². The summed E-state index contributed by atoms with van der Waals surface area (Å²) < 4.78 is 5.10. The molecule has 16 heavy (non-hydrogen) atoms. The van der Waals surface area contributed by atoms with Gasteiger partial charge >= 0.3 is 0 Å². The molecule has 0 aliphatic carbocycles. The van der Waals surface area contributed by atoms with Gasteiger partial charge < -0.3 is 4.74 Å². The van der Waals surface area contributed by atoms with Crippen molar-refractivity contribution in [3.63, 3.8) is 0 Å². The van der Waals surface area contributed by atoms with Crippen LogP contribution in [0.3, 0.4) is 0 Å². The fourth-order valence-corrected chi connectivity index (χ4v) is 2.15. The molecule has 1 aromatic carbocycles. The lowest BCUT2D eigenvalue weighted by Crippen LogP contribution is -2.07. The van der Waals surface area contributed by atoms with Crippen molar-refractivity contribution < 1.29 is 4.74 Å². The second kappa shape index (κ2) is 7.08. The Morgan fingerprint density at radius 3 is 2.31 bits per heavy atom. The first-order chi connectivity index (χ1) is 7.63. The van der Waals surface area contributed by atoms with Gasteiger partial charge in [-0.1, -0.05) is 54.0 Å². The summed E-state index contributed by atoms with van der Waals surface area (Å²) in [4.78, 5) is 0.460. The molecular formula is C14H21BrO. The van der Waals surface area contributed by atoms with Crippen molar-refractivity contribution in [2.75, 3.05) is 13.7 Å². The van der Waals surface area contributed by atoms with Gasteiger partial charge in [0.05, 0.1) is 6.61 Å². The summed E-state index contributed by atoms with van der Waals surface area (Å²) in [5.41, 5.74) is 2.82. The first-order valence-electron chi connectivity index (χ1n) is 5.85. The SMILES string of the molecule is COCC(Br)CCc1ccc(C(C)C)cc1. The third kappa shape index (κ3) is 4.67. The van der Waals surface area contributed by atoms with Crippen LogP contribution in [0.15, 0.2) is 24.3 Å². The molecule has 1 aromatic rings. The number of ether oxygens (including phenoxy) is 1. The van der Waals surface area contributed by atoms with E-state index in [2.05, 4.69) is 54.0 Å². The van der Waals surface area contributed by atoms with Crippen LogP contribution in [0.4, 0.5) is 0 Å². The average molecular weight is 285 g/mol. The van der Waals surface area contributed by atoms with E-state index in [1.165, 1.54) is 11.1 Å². The van der Waals surface area contributed by atoms with E-state index >= 15 is 0 Å². The van der Waals surface area contributed by atoms with Gasteiger partial charge in [0.2, 0.25) is 0 Å². The number of hydrogen-bond acceptors (Lipinski definition) is 1. The number of aryl methyl sites for hydroxylation is 1. The summed E-state index contributed by atoms with van der Waals surface area (Å²) in [6, 6.07) is 8.95. The van der Waals surface area contributed by atoms with E-state index in [9.17, 15) is 0 Å². The molecule has 0 heterocycles. The fraction of sp³-hybridized carbons (Fsp3) is 0.571. The zero-order chi connectivity index (χ0) is 12.0. The van der Waals surface area contributed by atoms with E-state index in [0.29, 0.717) is 10.7 Å². The standard InChI is InChI=1S/C14H21BrO/c1-11(2)13-7-4-12(5-8-13)6-9-14(15)10-16-3/h4-5,7-8,11,14H,6,9-10H2,1-3H3. The maximum atomic E-state index is 5.10. The van der Waals surface area contributed by atoms with Crippen molar-refractivity contribution in [1.29, 1.82) is 0 Å². The molecule has 0 aliphatic rings. The van der Waals surface area contributed by atoms with Gasteiger partial charge in [-0.3, -0.25) is 0 Å². The third-order valence-corrected chi connectivity index (χ3v) is 3.46. The molecule has 0 radical (unpaired) electrons. The summed E-state index contributed by atoms with van der Waals surface area (Å²) in [5.74, 6) is 0.617. The number of methoxy groups -OCH3 is 1. The molecule has 90 valence electrons. The average Bonchev–Trinajstić information content (AvgIpc) is 2.27. The molecule has 2 heteroatoms. The number of halogens is 1. The molecule has 0 aromatic heterocycles. The number of hydrogen-bond donors (Lipinski definition) is 0. The van der Waals surface area contributed by atoms with Crippen LogP contribution in [0.5, 0.6) is 0 Å². The van der Waals surface area contributed by atoms with Crippen molar-refractivity contribution in [1.82, 2.24) is 0 Å². The zero-order valence-electron chi connectivity index (χ0n) is 10.4. The Kier molecular flexibility index (Phi) is 6.07. The quantitative estimate of drug-likeness (QED) is 0.713. The van der Waals surface area contributed by atoms with Crippen LogP contribution in [0.25, 0.3) is 0 Å². The molecule has 0 amide bonds. The van der Waals surface area contributed by atoms with E-state index in [-0.39, 0.29) is 0 Å². The fourth-order valence-electron chi connectivity index (χ4n) is 1.66. The van der Waals surface area contributed by atoms with E-state index in [1.807, 2.05) is 0 Å². The first kappa shape index (κ1) is 13.7. The highest BCUT2D eigenvalue weighted by Gasteiger charge is 2.04. The lowest BCUT2D eigenvalue weighted by atomic mass is 10.00. The van der Waals surface area contributed by atoms with Gasteiger partial charge in [0, 0.05) is 11.9 Å². The molecule has 0 aliphatic heterocycles. The van der Waals surface area contributed by atoms with Gasteiger partial charge in [-0.15, -0.1) is 0 Å². The Hall–Kier alpha value is -0.340. The molecular weight excluding hydrogens is 264 g/mol. The second-order valence-corrected chi connectivity index (χ2v) is 5.78. The minimum absolute atomic E-state index is 0.460. The maximum absolute atomic E-state index is 5.10. The monoisotopic (exact) mass is 284 g/mol. The van der Waals surface area contributed by atoms with Gasteiger partial charge in [0.25, 0.3) is 0 Å². The number of rotatable bonds is 6. The smallest absolute Gasteiger partial charge is 0.0587 e. The van der Waals surface area contributed by atoms with E-state index < -0.39 is 0 Å². The van der Waals surface area contributed by atoms with Crippen LogP contribution in [-0.4, -0.2) is 18.5 Å². The Morgan fingerprint density at radius 1 is 1.19 bits per heavy atom. The highest BCUT2D eigenvalue weighted by Crippen LogP contribution is 2.17. The Balaban J connectivity index is 2.43. The highest BCUT2D eigenvalue weighted by molar-refractivity contribution is 9.09. The second-order valence-electron chi connectivity index (χ2n) is 4.49. The van der Waals surface area contributed by atoms with Crippen molar-refractivity contribution in [2.24, 2.45) is 0 Å². The maximum Gasteiger partial charge on any atom is 0.0587 e. The van der Waals surface area contributed by atoms with Crippen molar-refractivity contribution in [3.05, 3.63) is 35.4 Å². The molecule has 0 saturated heterocycles. The molecule has 1 nitrogen and oxygen atoms in total. The van der Waals surface area contributed by atoms with Crippen LogP contribution in [-0.2, 0) is 11.2 Å². The molecule has 0 fully saturated rings. The Labute approximate surface area is 107 Å². The third-order valence-electron chi connectivity index (χ3n) is 2.74. The predicted octanol–water partition coefficient (Wildman–Crippen LogP) is 4.15. The van der Waals surface area contributed by atoms with Crippen LogP contribution < -0.4 is 0 Å². The highest BCUT2D eigenvalue weighted by atomic mass is 79.9. The van der Waals surface area contributed by atoms with Crippen LogP contribution in [0.2, 0.25) is 0 Å². The summed E-state index contributed by atoms with van der Waals surface area (Å²) in [6.45, 7) is 5.23. The predicted molar refractivity (Wildman–Crippen MR) is 73.4 cm³/mol. The molecule has 1 unspecified atom stereocenters. The molecule has 0 bridgehead atoms. The summed E-state index contributed by atoms with van der Waals surface area (Å²) in [7, 11) is 1.74. The first-order valence-corrected chi connectivity index (χ1v) is 6.77. The zero-order valence-corrected chi connectivity index (χ0v) is 12.0. The molecule has 0 saturated carbocycles. The lowest BCUT2D eigenvalue weighted by molar-refractivity contribution is 0.198. The lowest BCUT2D eigenvalue weighted by Gasteiger charge is -2.09. The topological polar surface area (TPSA) is 9.23 Å². The minimum atomic E-state index is 0.460. The van der Waals surface area contributed by atoms with Crippen molar-refractivity contribution >= 4 is 15.9 Å². The van der Waals surface area contributed by atoms with Gasteiger partial charge in [-0.05, 0) is 29.9 Å². The number of alkyl halides is 1.